The normalized spacial score (nSPS) is 15.6. The van der Waals surface area contributed by atoms with E-state index in [1.54, 1.807) is 0 Å². The zero-order valence-electron chi connectivity index (χ0n) is 17.5. The zero-order valence-corrected chi connectivity index (χ0v) is 18.4. The number of nitrogens with zero attached hydrogens (tertiary/aromatic N) is 3. The average molecular weight is 479 g/mol. The van der Waals surface area contributed by atoms with Gasteiger partial charge in [0.1, 0.15) is 0 Å². The van der Waals surface area contributed by atoms with Crippen LogP contribution in [-0.4, -0.2) is 22.1 Å². The fraction of sp³-hybridized carbons (Fsp3) is 0.160. The van der Waals surface area contributed by atoms with Crippen LogP contribution in [0.3, 0.4) is 0 Å². The SMILES string of the molecule is O=C1c2ccccc2Sc2cc(-c3noc(-c4ccc(C(F)(F)F)cc4)n3)ccc2N1C1CC1. The minimum Gasteiger partial charge on any atom is -0.334 e. The van der Waals surface area contributed by atoms with Crippen molar-refractivity contribution in [2.75, 3.05) is 4.90 Å². The summed E-state index contributed by atoms with van der Waals surface area (Å²) in [6.07, 6.45) is -2.46. The number of carbonyl (C=O) groups excluding carboxylic acids is 1. The van der Waals surface area contributed by atoms with E-state index in [9.17, 15) is 18.0 Å². The van der Waals surface area contributed by atoms with E-state index in [0.29, 0.717) is 22.5 Å². The third-order valence-electron chi connectivity index (χ3n) is 5.83. The summed E-state index contributed by atoms with van der Waals surface area (Å²) in [5.74, 6) is 0.452. The number of alkyl halides is 3. The number of aromatic nitrogens is 2. The molecule has 0 N–H and O–H groups in total. The molecule has 1 aliphatic heterocycles. The Morgan fingerprint density at radius 1 is 0.941 bits per heavy atom. The van der Waals surface area contributed by atoms with E-state index in [2.05, 4.69) is 10.1 Å². The lowest BCUT2D eigenvalue weighted by atomic mass is 10.1. The lowest BCUT2D eigenvalue weighted by Crippen LogP contribution is -2.32. The molecule has 3 aromatic carbocycles. The molecule has 9 heteroatoms. The van der Waals surface area contributed by atoms with Crippen LogP contribution in [-0.2, 0) is 6.18 Å². The standard InChI is InChI=1S/C25H16F3N3O2S/c26-25(27,28)16-8-5-14(6-9-16)23-29-22(30-33-23)15-7-12-19-21(13-15)34-20-4-2-1-3-18(20)24(32)31(19)17-10-11-17/h1-9,12-13,17H,10-11H2. The summed E-state index contributed by atoms with van der Waals surface area (Å²) in [6, 6.07) is 18.0. The monoisotopic (exact) mass is 479 g/mol. The highest BCUT2D eigenvalue weighted by molar-refractivity contribution is 7.99. The third kappa shape index (κ3) is 3.66. The van der Waals surface area contributed by atoms with Crippen molar-refractivity contribution in [1.29, 1.82) is 0 Å². The second-order valence-electron chi connectivity index (χ2n) is 8.19. The molecule has 2 aliphatic rings. The molecular weight excluding hydrogens is 463 g/mol. The molecule has 0 radical (unpaired) electrons. The van der Waals surface area contributed by atoms with Crippen LogP contribution in [0.15, 0.2) is 81.0 Å². The van der Waals surface area contributed by atoms with E-state index in [0.717, 1.165) is 40.5 Å². The number of halogens is 3. The van der Waals surface area contributed by atoms with Gasteiger partial charge in [0.15, 0.2) is 0 Å². The smallest absolute Gasteiger partial charge is 0.334 e. The number of benzene rings is 3. The zero-order chi connectivity index (χ0) is 23.4. The second-order valence-corrected chi connectivity index (χ2v) is 9.27. The number of hydrogen-bond acceptors (Lipinski definition) is 5. The maximum Gasteiger partial charge on any atom is 0.416 e. The van der Waals surface area contributed by atoms with Crippen LogP contribution in [0.4, 0.5) is 18.9 Å². The molecule has 170 valence electrons. The Morgan fingerprint density at radius 2 is 1.68 bits per heavy atom. The molecule has 0 saturated heterocycles. The van der Waals surface area contributed by atoms with Crippen LogP contribution in [0.5, 0.6) is 0 Å². The predicted octanol–water partition coefficient (Wildman–Crippen LogP) is 6.70. The first kappa shape index (κ1) is 21.0. The molecule has 1 amide bonds. The first-order chi connectivity index (χ1) is 16.4. The highest BCUT2D eigenvalue weighted by atomic mass is 32.2. The van der Waals surface area contributed by atoms with Gasteiger partial charge in [-0.1, -0.05) is 29.1 Å². The van der Waals surface area contributed by atoms with Crippen molar-refractivity contribution in [3.63, 3.8) is 0 Å². The largest absolute Gasteiger partial charge is 0.416 e. The van der Waals surface area contributed by atoms with E-state index in [4.69, 9.17) is 4.52 Å². The van der Waals surface area contributed by atoms with Gasteiger partial charge in [-0.05, 0) is 67.4 Å². The molecular formula is C25H16F3N3O2S. The highest BCUT2D eigenvalue weighted by Crippen LogP contribution is 2.46. The summed E-state index contributed by atoms with van der Waals surface area (Å²) < 4.78 is 43.8. The molecule has 4 aromatic rings. The minimum absolute atomic E-state index is 0.00116. The molecule has 1 saturated carbocycles. The van der Waals surface area contributed by atoms with Crippen LogP contribution in [0.2, 0.25) is 0 Å². The van der Waals surface area contributed by atoms with Gasteiger partial charge in [-0.25, -0.2) is 0 Å². The van der Waals surface area contributed by atoms with Gasteiger partial charge in [0, 0.05) is 27.0 Å². The van der Waals surface area contributed by atoms with Crippen molar-refractivity contribution < 1.29 is 22.5 Å². The van der Waals surface area contributed by atoms with Crippen LogP contribution < -0.4 is 4.90 Å². The molecule has 1 aromatic heterocycles. The highest BCUT2D eigenvalue weighted by Gasteiger charge is 2.38. The maximum atomic E-state index is 13.3. The van der Waals surface area contributed by atoms with Crippen molar-refractivity contribution in [2.24, 2.45) is 0 Å². The van der Waals surface area contributed by atoms with E-state index < -0.39 is 11.7 Å². The van der Waals surface area contributed by atoms with Gasteiger partial charge >= 0.3 is 6.18 Å². The Balaban J connectivity index is 1.36. The van der Waals surface area contributed by atoms with E-state index >= 15 is 0 Å². The lowest BCUT2D eigenvalue weighted by molar-refractivity contribution is -0.137. The average Bonchev–Trinajstić information content (AvgIpc) is 3.56. The lowest BCUT2D eigenvalue weighted by Gasteiger charge is -2.22. The number of anilines is 1. The van der Waals surface area contributed by atoms with E-state index in [-0.39, 0.29) is 17.8 Å². The molecule has 1 fully saturated rings. The van der Waals surface area contributed by atoms with Gasteiger partial charge in [-0.2, -0.15) is 18.2 Å². The van der Waals surface area contributed by atoms with Crippen molar-refractivity contribution in [3.8, 4) is 22.8 Å². The summed E-state index contributed by atoms with van der Waals surface area (Å²) in [5, 5.41) is 4.03. The first-order valence-corrected chi connectivity index (χ1v) is 11.5. The first-order valence-electron chi connectivity index (χ1n) is 10.6. The molecule has 1 aliphatic carbocycles. The minimum atomic E-state index is -4.41. The fourth-order valence-corrected chi connectivity index (χ4v) is 5.08. The summed E-state index contributed by atoms with van der Waals surface area (Å²) in [5.41, 5.74) is 1.88. The number of rotatable bonds is 3. The quantitative estimate of drug-likeness (QED) is 0.327. The van der Waals surface area contributed by atoms with Gasteiger partial charge in [-0.15, -0.1) is 0 Å². The Bertz CT molecular complexity index is 1410. The van der Waals surface area contributed by atoms with Crippen LogP contribution in [0.25, 0.3) is 22.8 Å². The molecule has 2 heterocycles. The van der Waals surface area contributed by atoms with Crippen LogP contribution in [0.1, 0.15) is 28.8 Å². The summed E-state index contributed by atoms with van der Waals surface area (Å²) >= 11 is 1.52. The van der Waals surface area contributed by atoms with Gasteiger partial charge in [0.05, 0.1) is 16.8 Å². The van der Waals surface area contributed by atoms with Gasteiger partial charge in [-0.3, -0.25) is 4.79 Å². The Kier molecular flexibility index (Phi) is 4.77. The molecule has 0 spiro atoms. The summed E-state index contributed by atoms with van der Waals surface area (Å²) in [4.78, 5) is 21.3. The van der Waals surface area contributed by atoms with Gasteiger partial charge < -0.3 is 9.42 Å². The van der Waals surface area contributed by atoms with Crippen LogP contribution >= 0.6 is 11.8 Å². The third-order valence-corrected chi connectivity index (χ3v) is 6.95. The fourth-order valence-electron chi connectivity index (χ4n) is 3.98. The molecule has 0 unspecified atom stereocenters. The summed E-state index contributed by atoms with van der Waals surface area (Å²) in [6.45, 7) is 0. The van der Waals surface area contributed by atoms with E-state index in [1.165, 1.54) is 23.9 Å². The number of hydrogen-bond donors (Lipinski definition) is 0. The number of carbonyl (C=O) groups is 1. The molecule has 0 atom stereocenters. The number of fused-ring (bicyclic) bond motifs is 2. The van der Waals surface area contributed by atoms with Gasteiger partial charge in [0.2, 0.25) is 5.82 Å². The molecule has 0 bridgehead atoms. The second kappa shape index (κ2) is 7.73. The van der Waals surface area contributed by atoms with Crippen molar-refractivity contribution in [2.45, 2.75) is 34.9 Å². The Labute approximate surface area is 196 Å². The van der Waals surface area contributed by atoms with Crippen LogP contribution in [0, 0.1) is 0 Å². The topological polar surface area (TPSA) is 59.2 Å². The van der Waals surface area contributed by atoms with Gasteiger partial charge in [0.25, 0.3) is 11.8 Å². The predicted molar refractivity (Wildman–Crippen MR) is 121 cm³/mol. The molecule has 34 heavy (non-hydrogen) atoms. The van der Waals surface area contributed by atoms with Crippen molar-refractivity contribution in [1.82, 2.24) is 10.1 Å². The maximum absolute atomic E-state index is 13.3. The van der Waals surface area contributed by atoms with Crippen molar-refractivity contribution in [3.05, 3.63) is 77.9 Å². The molecule has 5 nitrogen and oxygen atoms in total. The van der Waals surface area contributed by atoms with E-state index in [1.807, 2.05) is 47.4 Å². The molecule has 6 rings (SSSR count). The Morgan fingerprint density at radius 3 is 2.41 bits per heavy atom. The number of amides is 1. The Hall–Kier alpha value is -3.59. The summed E-state index contributed by atoms with van der Waals surface area (Å²) in [7, 11) is 0. The van der Waals surface area contributed by atoms with Crippen molar-refractivity contribution >= 4 is 23.4 Å².